The molecule has 2 aromatic rings. The van der Waals surface area contributed by atoms with Crippen molar-refractivity contribution in [3.8, 4) is 6.01 Å². The van der Waals surface area contributed by atoms with Gasteiger partial charge >= 0.3 is 12.2 Å². The molecule has 1 aromatic carbocycles. The fraction of sp³-hybridized carbons (Fsp3) is 0.615. The lowest BCUT2D eigenvalue weighted by atomic mass is 9.94. The topological polar surface area (TPSA) is 76.7 Å². The fourth-order valence-electron chi connectivity index (χ4n) is 6.08. The lowest BCUT2D eigenvalue weighted by Gasteiger charge is -2.33. The fourth-order valence-corrected chi connectivity index (χ4v) is 6.08. The second-order valence-electron chi connectivity index (χ2n) is 10.2. The SMILES string of the molecule is CCN(CC)c1nc(OC[C@@]23CCCN2C[C@H](F)C3)nc2c1CO[C@H](c1c(C(F)(F)F)ccc(N)c1F)C2. The molecule has 4 heterocycles. The minimum atomic E-state index is -4.79. The molecule has 1 aromatic heterocycles. The van der Waals surface area contributed by atoms with Crippen LogP contribution < -0.4 is 15.4 Å². The summed E-state index contributed by atoms with van der Waals surface area (Å²) in [5, 5.41) is 0. The van der Waals surface area contributed by atoms with E-state index in [1.165, 1.54) is 0 Å². The van der Waals surface area contributed by atoms with E-state index >= 15 is 0 Å². The Kier molecular flexibility index (Phi) is 7.14. The zero-order valence-electron chi connectivity index (χ0n) is 21.5. The van der Waals surface area contributed by atoms with Crippen molar-refractivity contribution in [1.29, 1.82) is 0 Å². The lowest BCUT2D eigenvalue weighted by Crippen LogP contribution is -2.43. The second kappa shape index (κ2) is 10.1. The van der Waals surface area contributed by atoms with Crippen LogP contribution in [0.1, 0.15) is 61.6 Å². The third-order valence-electron chi connectivity index (χ3n) is 7.99. The molecule has 7 nitrogen and oxygen atoms in total. The van der Waals surface area contributed by atoms with Gasteiger partial charge in [0.15, 0.2) is 5.82 Å². The predicted octanol–water partition coefficient (Wildman–Crippen LogP) is 4.83. The number of fused-ring (bicyclic) bond motifs is 2. The van der Waals surface area contributed by atoms with Gasteiger partial charge < -0.3 is 20.1 Å². The van der Waals surface area contributed by atoms with Crippen molar-refractivity contribution in [1.82, 2.24) is 14.9 Å². The summed E-state index contributed by atoms with van der Waals surface area (Å²) in [4.78, 5) is 13.3. The summed E-state index contributed by atoms with van der Waals surface area (Å²) >= 11 is 0. The second-order valence-corrected chi connectivity index (χ2v) is 10.2. The Labute approximate surface area is 218 Å². The normalized spacial score (nSPS) is 25.3. The summed E-state index contributed by atoms with van der Waals surface area (Å²) in [5.41, 5.74) is 4.12. The molecule has 2 N–H and O–H groups in total. The monoisotopic (exact) mass is 541 g/mol. The maximum atomic E-state index is 15.0. The van der Waals surface area contributed by atoms with Crippen LogP contribution in [0.5, 0.6) is 6.01 Å². The number of rotatable bonds is 7. The molecule has 0 aliphatic carbocycles. The first kappa shape index (κ1) is 26.9. The maximum Gasteiger partial charge on any atom is 0.416 e. The van der Waals surface area contributed by atoms with Gasteiger partial charge in [-0.1, -0.05) is 0 Å². The summed E-state index contributed by atoms with van der Waals surface area (Å²) < 4.78 is 82.4. The van der Waals surface area contributed by atoms with Crippen LogP contribution >= 0.6 is 0 Å². The van der Waals surface area contributed by atoms with Crippen LogP contribution in [0.15, 0.2) is 12.1 Å². The first-order chi connectivity index (χ1) is 18.1. The van der Waals surface area contributed by atoms with E-state index in [0.717, 1.165) is 31.5 Å². The van der Waals surface area contributed by atoms with Gasteiger partial charge in [-0.25, -0.2) is 8.78 Å². The quantitative estimate of drug-likeness (QED) is 0.398. The van der Waals surface area contributed by atoms with Crippen LogP contribution in [-0.4, -0.2) is 59.4 Å². The number of alkyl halides is 4. The van der Waals surface area contributed by atoms with Gasteiger partial charge in [-0.05, 0) is 45.4 Å². The molecular weight excluding hydrogens is 509 g/mol. The molecule has 3 aliphatic rings. The van der Waals surface area contributed by atoms with Crippen molar-refractivity contribution in [2.45, 2.75) is 70.1 Å². The van der Waals surface area contributed by atoms with E-state index in [2.05, 4.69) is 14.9 Å². The highest BCUT2D eigenvalue weighted by atomic mass is 19.4. The van der Waals surface area contributed by atoms with Crippen LogP contribution in [0.2, 0.25) is 0 Å². The third kappa shape index (κ3) is 4.76. The molecule has 0 amide bonds. The molecule has 3 aliphatic heterocycles. The number of nitrogens with zero attached hydrogens (tertiary/aromatic N) is 4. The van der Waals surface area contributed by atoms with Crippen molar-refractivity contribution in [3.63, 3.8) is 0 Å². The number of halogens is 5. The Bertz CT molecular complexity index is 1190. The van der Waals surface area contributed by atoms with E-state index in [1.54, 1.807) is 0 Å². The molecule has 0 bridgehead atoms. The van der Waals surface area contributed by atoms with Crippen molar-refractivity contribution in [3.05, 3.63) is 40.3 Å². The van der Waals surface area contributed by atoms with Crippen molar-refractivity contribution < 1.29 is 31.4 Å². The summed E-state index contributed by atoms with van der Waals surface area (Å²) in [5.74, 6) is -0.585. The third-order valence-corrected chi connectivity index (χ3v) is 7.99. The van der Waals surface area contributed by atoms with Gasteiger partial charge in [-0.15, -0.1) is 0 Å². The van der Waals surface area contributed by atoms with Crippen LogP contribution in [0.3, 0.4) is 0 Å². The van der Waals surface area contributed by atoms with Gasteiger partial charge in [0.25, 0.3) is 0 Å². The van der Waals surface area contributed by atoms with E-state index in [1.807, 2.05) is 18.7 Å². The van der Waals surface area contributed by atoms with E-state index in [4.69, 9.17) is 15.2 Å². The Hall–Kier alpha value is -2.73. The summed E-state index contributed by atoms with van der Waals surface area (Å²) in [6, 6.07) is 1.75. The first-order valence-electron chi connectivity index (χ1n) is 13.0. The molecule has 0 spiro atoms. The summed E-state index contributed by atoms with van der Waals surface area (Å²) in [6.07, 6.45) is -4.92. The molecule has 5 rings (SSSR count). The number of nitrogens with two attached hydrogens (primary N) is 1. The summed E-state index contributed by atoms with van der Waals surface area (Å²) in [6.45, 7) is 6.45. The number of nitrogen functional groups attached to an aromatic ring is 1. The Balaban J connectivity index is 1.49. The minimum Gasteiger partial charge on any atom is -0.461 e. The number of hydrogen-bond donors (Lipinski definition) is 1. The highest BCUT2D eigenvalue weighted by Crippen LogP contribution is 2.43. The number of hydrogen-bond acceptors (Lipinski definition) is 7. The Morgan fingerprint density at radius 2 is 2.00 bits per heavy atom. The van der Waals surface area contributed by atoms with Crippen LogP contribution in [0.4, 0.5) is 33.5 Å². The van der Waals surface area contributed by atoms with Crippen molar-refractivity contribution in [2.24, 2.45) is 0 Å². The molecule has 0 unspecified atom stereocenters. The van der Waals surface area contributed by atoms with Crippen LogP contribution in [0, 0.1) is 5.82 Å². The molecule has 0 saturated carbocycles. The predicted molar refractivity (Wildman–Crippen MR) is 131 cm³/mol. The lowest BCUT2D eigenvalue weighted by molar-refractivity contribution is -0.140. The molecule has 3 atom stereocenters. The van der Waals surface area contributed by atoms with Crippen LogP contribution in [0.25, 0.3) is 0 Å². The van der Waals surface area contributed by atoms with Gasteiger partial charge in [0.1, 0.15) is 18.6 Å². The number of aromatic nitrogens is 2. The molecule has 208 valence electrons. The smallest absolute Gasteiger partial charge is 0.416 e. The molecule has 0 radical (unpaired) electrons. The highest BCUT2D eigenvalue weighted by molar-refractivity contribution is 5.53. The van der Waals surface area contributed by atoms with Gasteiger partial charge in [0.2, 0.25) is 0 Å². The maximum absolute atomic E-state index is 15.0. The highest BCUT2D eigenvalue weighted by Gasteiger charge is 2.49. The summed E-state index contributed by atoms with van der Waals surface area (Å²) in [7, 11) is 0. The van der Waals surface area contributed by atoms with Crippen LogP contribution in [-0.2, 0) is 23.9 Å². The van der Waals surface area contributed by atoms with Crippen molar-refractivity contribution >= 4 is 11.5 Å². The number of ether oxygens (including phenoxy) is 2. The standard InChI is InChI=1S/C26H32F5N5O2/c1-3-35(4-2)23-16-13-37-20(21-17(26(29,30)31)6-7-18(32)22(21)28)10-19(16)33-24(34-23)38-14-25-8-5-9-36(25)12-15(27)11-25/h6-7,15,20H,3-5,8-14,32H2,1-2H3/t15-,20+,25+/m1/s1. The average Bonchev–Trinajstić information content (AvgIpc) is 3.39. The van der Waals surface area contributed by atoms with E-state index in [9.17, 15) is 22.0 Å². The Morgan fingerprint density at radius 3 is 2.71 bits per heavy atom. The largest absolute Gasteiger partial charge is 0.461 e. The molecule has 12 heteroatoms. The van der Waals surface area contributed by atoms with E-state index < -0.39 is 40.9 Å². The minimum absolute atomic E-state index is 0.0684. The number of benzene rings is 1. The molecular formula is C26H32F5N5O2. The average molecular weight is 542 g/mol. The van der Waals surface area contributed by atoms with E-state index in [0.29, 0.717) is 43.1 Å². The van der Waals surface area contributed by atoms with Gasteiger partial charge in [-0.2, -0.15) is 23.1 Å². The van der Waals surface area contributed by atoms with E-state index in [-0.39, 0.29) is 31.3 Å². The Morgan fingerprint density at radius 1 is 1.24 bits per heavy atom. The first-order valence-corrected chi connectivity index (χ1v) is 13.0. The van der Waals surface area contributed by atoms with Gasteiger partial charge in [0, 0.05) is 43.6 Å². The molecule has 2 fully saturated rings. The molecule has 2 saturated heterocycles. The zero-order chi connectivity index (χ0) is 27.2. The number of anilines is 2. The van der Waals surface area contributed by atoms with Gasteiger partial charge in [-0.3, -0.25) is 4.90 Å². The van der Waals surface area contributed by atoms with Crippen molar-refractivity contribution in [2.75, 3.05) is 43.4 Å². The molecule has 38 heavy (non-hydrogen) atoms. The van der Waals surface area contributed by atoms with Gasteiger partial charge in [0.05, 0.1) is 35.2 Å². The zero-order valence-corrected chi connectivity index (χ0v) is 21.5.